The van der Waals surface area contributed by atoms with Crippen molar-refractivity contribution in [2.45, 2.75) is 31.6 Å². The highest BCUT2D eigenvalue weighted by Gasteiger charge is 2.42. The first-order chi connectivity index (χ1) is 29.0. The molecule has 2 aliphatic carbocycles. The Hall–Kier alpha value is -7.16. The minimum absolute atomic E-state index is 0.136. The van der Waals surface area contributed by atoms with Gasteiger partial charge in [-0.3, -0.25) is 0 Å². The lowest BCUT2D eigenvalue weighted by molar-refractivity contribution is 0.613. The van der Waals surface area contributed by atoms with Crippen molar-refractivity contribution in [1.82, 2.24) is 4.57 Å². The van der Waals surface area contributed by atoms with Gasteiger partial charge < -0.3 is 9.47 Å². The average Bonchev–Trinajstić information content (AvgIpc) is 3.75. The third-order valence-electron chi connectivity index (χ3n) is 12.8. The van der Waals surface area contributed by atoms with Crippen LogP contribution in [-0.2, 0) is 5.41 Å². The zero-order valence-corrected chi connectivity index (χ0v) is 33.4. The number of para-hydroxylation sites is 2. The van der Waals surface area contributed by atoms with Gasteiger partial charge in [-0.25, -0.2) is 0 Å². The van der Waals surface area contributed by atoms with E-state index < -0.39 is 0 Å². The lowest BCUT2D eigenvalue weighted by atomic mass is 9.77. The van der Waals surface area contributed by atoms with Crippen LogP contribution in [0.3, 0.4) is 0 Å². The Bertz CT molecular complexity index is 2980. The molecular formula is C57H44N2. The second-order valence-electron chi connectivity index (χ2n) is 16.5. The van der Waals surface area contributed by atoms with E-state index in [-0.39, 0.29) is 5.41 Å². The monoisotopic (exact) mass is 756 g/mol. The molecule has 11 rings (SSSR count). The summed E-state index contributed by atoms with van der Waals surface area (Å²) in [5.41, 5.74) is 18.8. The van der Waals surface area contributed by atoms with E-state index in [1.165, 1.54) is 83.3 Å². The molecule has 1 atom stereocenters. The molecule has 9 aromatic rings. The van der Waals surface area contributed by atoms with Crippen molar-refractivity contribution >= 4 is 44.4 Å². The fourth-order valence-electron chi connectivity index (χ4n) is 9.82. The summed E-state index contributed by atoms with van der Waals surface area (Å²) < 4.78 is 2.39. The van der Waals surface area contributed by atoms with E-state index in [2.05, 4.69) is 236 Å². The lowest BCUT2D eigenvalue weighted by Crippen LogP contribution is -2.18. The molecule has 0 saturated heterocycles. The number of fused-ring (bicyclic) bond motifs is 6. The number of aromatic nitrogens is 1. The molecule has 0 saturated carbocycles. The van der Waals surface area contributed by atoms with Gasteiger partial charge in [0.2, 0.25) is 0 Å². The van der Waals surface area contributed by atoms with Gasteiger partial charge in [-0.1, -0.05) is 165 Å². The maximum absolute atomic E-state index is 2.51. The number of hydrogen-bond donors (Lipinski definition) is 0. The maximum Gasteiger partial charge on any atom is 0.0541 e. The van der Waals surface area contributed by atoms with Gasteiger partial charge in [0.1, 0.15) is 0 Å². The molecule has 0 radical (unpaired) electrons. The van der Waals surface area contributed by atoms with Crippen LogP contribution in [0.2, 0.25) is 0 Å². The summed E-state index contributed by atoms with van der Waals surface area (Å²) in [5, 5.41) is 2.57. The van der Waals surface area contributed by atoms with Crippen LogP contribution in [0.15, 0.2) is 218 Å². The van der Waals surface area contributed by atoms with Crippen LogP contribution in [0.4, 0.5) is 17.1 Å². The van der Waals surface area contributed by atoms with Gasteiger partial charge in [0.25, 0.3) is 0 Å². The smallest absolute Gasteiger partial charge is 0.0541 e. The third-order valence-corrected chi connectivity index (χ3v) is 12.8. The molecule has 59 heavy (non-hydrogen) atoms. The first-order valence-electron chi connectivity index (χ1n) is 20.8. The Morgan fingerprint density at radius 1 is 0.475 bits per heavy atom. The molecule has 1 heterocycles. The summed E-state index contributed by atoms with van der Waals surface area (Å²) in [6.07, 6.45) is 5.97. The van der Waals surface area contributed by atoms with Gasteiger partial charge in [-0.05, 0) is 118 Å². The minimum atomic E-state index is -0.136. The van der Waals surface area contributed by atoms with Crippen LogP contribution in [0.25, 0.3) is 55.3 Å². The molecule has 1 unspecified atom stereocenters. The molecule has 0 N–H and O–H groups in total. The van der Waals surface area contributed by atoms with Crippen molar-refractivity contribution in [2.24, 2.45) is 0 Å². The minimum Gasteiger partial charge on any atom is -0.310 e. The lowest BCUT2D eigenvalue weighted by Gasteiger charge is -2.29. The highest BCUT2D eigenvalue weighted by Crippen LogP contribution is 2.55. The normalized spacial score (nSPS) is 15.4. The van der Waals surface area contributed by atoms with Crippen molar-refractivity contribution in [3.05, 3.63) is 235 Å². The highest BCUT2D eigenvalue weighted by atomic mass is 15.1. The van der Waals surface area contributed by atoms with E-state index >= 15 is 0 Å². The quantitative estimate of drug-likeness (QED) is 0.157. The molecule has 0 amide bonds. The summed E-state index contributed by atoms with van der Waals surface area (Å²) in [6, 6.07) is 73.1. The average molecular weight is 757 g/mol. The second kappa shape index (κ2) is 14.0. The summed E-state index contributed by atoms with van der Waals surface area (Å²) in [5.74, 6) is 0.366. The molecule has 1 aromatic heterocycles. The van der Waals surface area contributed by atoms with E-state index in [1.807, 2.05) is 0 Å². The van der Waals surface area contributed by atoms with E-state index in [1.54, 1.807) is 0 Å². The number of nitrogens with zero attached hydrogens (tertiary/aromatic N) is 2. The first kappa shape index (κ1) is 35.0. The Morgan fingerprint density at radius 3 is 1.64 bits per heavy atom. The molecule has 0 fully saturated rings. The Morgan fingerprint density at radius 2 is 1.00 bits per heavy atom. The van der Waals surface area contributed by atoms with Crippen LogP contribution in [0.1, 0.15) is 42.9 Å². The standard InChI is InChI=1S/C57H44N2/c1-57(2)53-37-44(43-27-35-56-52(36-43)51-20-12-13-21-55(51)59(56)45-18-10-5-11-19-45)26-33-49(53)50-34-32-48(38-54(50)57)58(46-28-22-41(23-29-46)39-14-6-3-7-15-39)47-30-24-42(25-31-47)40-16-8-4-9-17-40/h3-32,34-38,49H,33H2,1-2H3. The van der Waals surface area contributed by atoms with E-state index in [9.17, 15) is 0 Å². The van der Waals surface area contributed by atoms with E-state index in [4.69, 9.17) is 0 Å². The van der Waals surface area contributed by atoms with Crippen LogP contribution < -0.4 is 4.90 Å². The van der Waals surface area contributed by atoms with Crippen LogP contribution in [0, 0.1) is 0 Å². The number of allylic oxidation sites excluding steroid dienone is 4. The Labute approximate surface area is 346 Å². The van der Waals surface area contributed by atoms with E-state index in [0.29, 0.717) is 5.92 Å². The third kappa shape index (κ3) is 5.94. The summed E-state index contributed by atoms with van der Waals surface area (Å²) >= 11 is 0. The highest BCUT2D eigenvalue weighted by molar-refractivity contribution is 6.10. The molecule has 0 aliphatic heterocycles. The zero-order chi connectivity index (χ0) is 39.5. The Kier molecular flexibility index (Phi) is 8.34. The van der Waals surface area contributed by atoms with Crippen molar-refractivity contribution in [3.8, 4) is 27.9 Å². The largest absolute Gasteiger partial charge is 0.310 e. The van der Waals surface area contributed by atoms with Gasteiger partial charge in [0.05, 0.1) is 11.0 Å². The summed E-state index contributed by atoms with van der Waals surface area (Å²) in [4.78, 5) is 2.42. The van der Waals surface area contributed by atoms with Crippen molar-refractivity contribution < 1.29 is 0 Å². The predicted octanol–water partition coefficient (Wildman–Crippen LogP) is 15.4. The van der Waals surface area contributed by atoms with Crippen molar-refractivity contribution in [3.63, 3.8) is 0 Å². The first-order valence-corrected chi connectivity index (χ1v) is 20.8. The molecule has 282 valence electrons. The number of anilines is 3. The van der Waals surface area contributed by atoms with Gasteiger partial charge in [0.15, 0.2) is 0 Å². The van der Waals surface area contributed by atoms with Crippen molar-refractivity contribution in [1.29, 1.82) is 0 Å². The van der Waals surface area contributed by atoms with Gasteiger partial charge in [-0.15, -0.1) is 0 Å². The molecule has 8 aromatic carbocycles. The van der Waals surface area contributed by atoms with E-state index in [0.717, 1.165) is 17.8 Å². The van der Waals surface area contributed by atoms with Gasteiger partial charge in [0, 0.05) is 44.9 Å². The maximum atomic E-state index is 2.51. The number of hydrogen-bond acceptors (Lipinski definition) is 1. The zero-order valence-electron chi connectivity index (χ0n) is 33.4. The fraction of sp³-hybridized carbons (Fsp3) is 0.0877. The number of rotatable bonds is 7. The molecule has 2 aliphatic rings. The molecule has 2 nitrogen and oxygen atoms in total. The van der Waals surface area contributed by atoms with Crippen molar-refractivity contribution in [2.75, 3.05) is 4.90 Å². The van der Waals surface area contributed by atoms with Crippen LogP contribution in [-0.4, -0.2) is 4.57 Å². The summed E-state index contributed by atoms with van der Waals surface area (Å²) in [7, 11) is 0. The molecule has 0 bridgehead atoms. The molecule has 0 spiro atoms. The fourth-order valence-corrected chi connectivity index (χ4v) is 9.82. The molecule has 2 heteroatoms. The second-order valence-corrected chi connectivity index (χ2v) is 16.5. The predicted molar refractivity (Wildman–Crippen MR) is 249 cm³/mol. The van der Waals surface area contributed by atoms with Gasteiger partial charge in [-0.2, -0.15) is 0 Å². The van der Waals surface area contributed by atoms with Gasteiger partial charge >= 0.3 is 0 Å². The molecular weight excluding hydrogens is 713 g/mol. The summed E-state index contributed by atoms with van der Waals surface area (Å²) in [6.45, 7) is 4.85. The van der Waals surface area contributed by atoms with Crippen LogP contribution >= 0.6 is 0 Å². The topological polar surface area (TPSA) is 8.17 Å². The van der Waals surface area contributed by atoms with Crippen LogP contribution in [0.5, 0.6) is 0 Å². The number of benzene rings is 8. The SMILES string of the molecule is CC1(C)C2=CC(c3ccc4c(c3)c3ccccc3n4-c3ccccc3)=CCC2c2ccc(N(c3ccc(-c4ccccc4)cc3)c3ccc(-c4ccccc4)cc3)cc21. The Balaban J connectivity index is 0.967.